The molecule has 2 N–H and O–H groups in total. The first-order valence-corrected chi connectivity index (χ1v) is 8.59. The topological polar surface area (TPSA) is 105 Å². The number of aryl methyl sites for hydroxylation is 1. The van der Waals surface area contributed by atoms with Crippen LogP contribution in [0.3, 0.4) is 0 Å². The van der Waals surface area contributed by atoms with E-state index >= 15 is 0 Å². The highest BCUT2D eigenvalue weighted by atomic mass is 127. The lowest BCUT2D eigenvalue weighted by atomic mass is 10.1. The van der Waals surface area contributed by atoms with E-state index in [9.17, 15) is 4.79 Å². The molecule has 1 aliphatic rings. The number of carbonyl (C=O) groups excluding carboxylic acids is 1. The normalized spacial score (nSPS) is 15.1. The second kappa shape index (κ2) is 9.93. The van der Waals surface area contributed by atoms with Gasteiger partial charge in [-0.3, -0.25) is 4.99 Å². The van der Waals surface area contributed by atoms with Crippen LogP contribution < -0.4 is 10.6 Å². The molecule has 0 aromatic carbocycles. The highest BCUT2D eigenvalue weighted by Gasteiger charge is 2.34. The van der Waals surface area contributed by atoms with Gasteiger partial charge in [-0.2, -0.15) is 4.98 Å². The number of hydrogen-bond donors (Lipinski definition) is 2. The zero-order chi connectivity index (χ0) is 18.4. The van der Waals surface area contributed by atoms with Crippen molar-refractivity contribution < 1.29 is 14.1 Å². The number of carbonyl (C=O) groups is 1. The van der Waals surface area contributed by atoms with Gasteiger partial charge in [0.2, 0.25) is 5.89 Å². The Hall–Kier alpha value is -1.59. The average Bonchev–Trinajstić information content (AvgIpc) is 2.85. The minimum Gasteiger partial charge on any atom is -0.444 e. The monoisotopic (exact) mass is 480 g/mol. The van der Waals surface area contributed by atoms with E-state index in [4.69, 9.17) is 9.26 Å². The molecule has 0 atom stereocenters. The molecule has 1 fully saturated rings. The van der Waals surface area contributed by atoms with E-state index in [0.29, 0.717) is 43.7 Å². The number of ether oxygens (including phenoxy) is 1. The molecule has 0 spiro atoms. The lowest BCUT2D eigenvalue weighted by molar-refractivity contribution is 0.00700. The van der Waals surface area contributed by atoms with Crippen molar-refractivity contribution in [2.45, 2.75) is 52.7 Å². The first-order chi connectivity index (χ1) is 11.8. The van der Waals surface area contributed by atoms with Gasteiger partial charge in [0.25, 0.3) is 0 Å². The molecular weight excluding hydrogens is 451 g/mol. The number of halogens is 1. The molecule has 0 radical (unpaired) electrons. The van der Waals surface area contributed by atoms with Crippen LogP contribution in [-0.4, -0.2) is 64.9 Å². The molecular formula is C16H29IN6O3. The van der Waals surface area contributed by atoms with Crippen LogP contribution in [0, 0.1) is 6.92 Å². The van der Waals surface area contributed by atoms with Gasteiger partial charge < -0.3 is 24.8 Å². The third-order valence-electron chi connectivity index (χ3n) is 3.38. The zero-order valence-electron chi connectivity index (χ0n) is 16.0. The first kappa shape index (κ1) is 22.5. The Bertz CT molecular complexity index is 607. The third-order valence-corrected chi connectivity index (χ3v) is 3.38. The van der Waals surface area contributed by atoms with Crippen LogP contribution in [0.4, 0.5) is 4.79 Å². The van der Waals surface area contributed by atoms with Crippen LogP contribution in [0.2, 0.25) is 0 Å². The smallest absolute Gasteiger partial charge is 0.410 e. The summed E-state index contributed by atoms with van der Waals surface area (Å²) >= 11 is 0. The Morgan fingerprint density at radius 1 is 1.42 bits per heavy atom. The van der Waals surface area contributed by atoms with Crippen molar-refractivity contribution in [3.8, 4) is 0 Å². The SMILES string of the molecule is CCNC(=NCCc1nc(C)no1)NC1CN(C(=O)OC(C)(C)C)C1.I. The molecule has 9 nitrogen and oxygen atoms in total. The van der Waals surface area contributed by atoms with Crippen molar-refractivity contribution in [1.29, 1.82) is 0 Å². The van der Waals surface area contributed by atoms with Crippen LogP contribution in [0.1, 0.15) is 39.4 Å². The molecule has 0 unspecified atom stereocenters. The summed E-state index contributed by atoms with van der Waals surface area (Å²) in [5.74, 6) is 1.92. The minimum atomic E-state index is -0.473. The van der Waals surface area contributed by atoms with Gasteiger partial charge in [-0.25, -0.2) is 4.79 Å². The Balaban J connectivity index is 0.00000338. The number of amides is 1. The molecule has 0 bridgehead atoms. The minimum absolute atomic E-state index is 0. The standard InChI is InChI=1S/C16H28N6O3.HI/c1-6-17-14(18-8-7-13-19-11(2)21-25-13)20-12-9-22(10-12)15(23)24-16(3,4)5;/h12H,6-10H2,1-5H3,(H2,17,18,20);1H. The molecule has 148 valence electrons. The summed E-state index contributed by atoms with van der Waals surface area (Å²) in [6.07, 6.45) is 0.311. The number of rotatable bonds is 5. The summed E-state index contributed by atoms with van der Waals surface area (Å²) in [7, 11) is 0. The predicted octanol–water partition coefficient (Wildman–Crippen LogP) is 1.71. The van der Waals surface area contributed by atoms with Crippen molar-refractivity contribution in [2.75, 3.05) is 26.2 Å². The largest absolute Gasteiger partial charge is 0.444 e. The van der Waals surface area contributed by atoms with Gasteiger partial charge in [0.05, 0.1) is 12.6 Å². The van der Waals surface area contributed by atoms with E-state index in [1.807, 2.05) is 27.7 Å². The molecule has 26 heavy (non-hydrogen) atoms. The van der Waals surface area contributed by atoms with Crippen molar-refractivity contribution in [1.82, 2.24) is 25.7 Å². The van der Waals surface area contributed by atoms with Crippen molar-refractivity contribution in [2.24, 2.45) is 4.99 Å². The molecule has 10 heteroatoms. The maximum absolute atomic E-state index is 11.9. The van der Waals surface area contributed by atoms with Crippen molar-refractivity contribution >= 4 is 36.0 Å². The van der Waals surface area contributed by atoms with Crippen LogP contribution >= 0.6 is 24.0 Å². The van der Waals surface area contributed by atoms with Gasteiger partial charge in [0.15, 0.2) is 11.8 Å². The number of aromatic nitrogens is 2. The number of hydrogen-bond acceptors (Lipinski definition) is 6. The number of nitrogens with one attached hydrogen (secondary N) is 2. The van der Waals surface area contributed by atoms with Gasteiger partial charge >= 0.3 is 6.09 Å². The molecule has 1 aromatic rings. The van der Waals surface area contributed by atoms with Gasteiger partial charge in [-0.05, 0) is 34.6 Å². The lowest BCUT2D eigenvalue weighted by Crippen LogP contribution is -2.63. The molecule has 1 aromatic heterocycles. The van der Waals surface area contributed by atoms with E-state index in [-0.39, 0.29) is 36.1 Å². The molecule has 1 saturated heterocycles. The Kier molecular flexibility index (Phi) is 8.57. The molecule has 0 aliphatic carbocycles. The van der Waals surface area contributed by atoms with Gasteiger partial charge in [-0.1, -0.05) is 5.16 Å². The fraction of sp³-hybridized carbons (Fsp3) is 0.750. The van der Waals surface area contributed by atoms with Crippen molar-refractivity contribution in [3.05, 3.63) is 11.7 Å². The van der Waals surface area contributed by atoms with Gasteiger partial charge in [0, 0.05) is 26.1 Å². The summed E-state index contributed by atoms with van der Waals surface area (Å²) in [5.41, 5.74) is -0.473. The number of guanidine groups is 1. The second-order valence-corrected chi connectivity index (χ2v) is 6.97. The van der Waals surface area contributed by atoms with Crippen molar-refractivity contribution in [3.63, 3.8) is 0 Å². The summed E-state index contributed by atoms with van der Waals surface area (Å²) in [6, 6.07) is 0.163. The zero-order valence-corrected chi connectivity index (χ0v) is 18.4. The molecule has 2 rings (SSSR count). The second-order valence-electron chi connectivity index (χ2n) is 6.97. The van der Waals surface area contributed by atoms with Crippen LogP contribution in [-0.2, 0) is 11.2 Å². The molecule has 1 aliphatic heterocycles. The maximum Gasteiger partial charge on any atom is 0.410 e. The third kappa shape index (κ3) is 7.34. The summed E-state index contributed by atoms with van der Waals surface area (Å²) in [6.45, 7) is 11.9. The maximum atomic E-state index is 11.9. The number of aliphatic imine (C=N–C) groups is 1. The summed E-state index contributed by atoms with van der Waals surface area (Å²) in [4.78, 5) is 22.3. The highest BCUT2D eigenvalue weighted by Crippen LogP contribution is 2.15. The highest BCUT2D eigenvalue weighted by molar-refractivity contribution is 14.0. The van der Waals surface area contributed by atoms with Gasteiger partial charge in [-0.15, -0.1) is 24.0 Å². The van der Waals surface area contributed by atoms with E-state index in [0.717, 1.165) is 6.54 Å². The number of likely N-dealkylation sites (tertiary alicyclic amines) is 1. The van der Waals surface area contributed by atoms with Gasteiger partial charge in [0.1, 0.15) is 5.60 Å². The lowest BCUT2D eigenvalue weighted by Gasteiger charge is -2.40. The van der Waals surface area contributed by atoms with Crippen LogP contribution in [0.5, 0.6) is 0 Å². The fourth-order valence-electron chi connectivity index (χ4n) is 2.26. The van der Waals surface area contributed by atoms with Crippen LogP contribution in [0.15, 0.2) is 9.52 Å². The summed E-state index contributed by atoms with van der Waals surface area (Å²) in [5, 5.41) is 10.3. The predicted molar refractivity (Wildman–Crippen MR) is 109 cm³/mol. The van der Waals surface area contributed by atoms with Crippen LogP contribution in [0.25, 0.3) is 0 Å². The summed E-state index contributed by atoms with van der Waals surface area (Å²) < 4.78 is 10.4. The Morgan fingerprint density at radius 3 is 2.65 bits per heavy atom. The Morgan fingerprint density at radius 2 is 2.12 bits per heavy atom. The fourth-order valence-corrected chi connectivity index (χ4v) is 2.26. The quantitative estimate of drug-likeness (QED) is 0.376. The van der Waals surface area contributed by atoms with E-state index < -0.39 is 5.60 Å². The molecule has 2 heterocycles. The molecule has 0 saturated carbocycles. The number of nitrogens with zero attached hydrogens (tertiary/aromatic N) is 4. The van der Waals surface area contributed by atoms with E-state index in [1.54, 1.807) is 11.8 Å². The molecule has 1 amide bonds. The van der Waals surface area contributed by atoms with E-state index in [2.05, 4.69) is 25.8 Å². The van der Waals surface area contributed by atoms with E-state index in [1.165, 1.54) is 0 Å². The Labute approximate surface area is 171 Å². The average molecular weight is 480 g/mol. The first-order valence-electron chi connectivity index (χ1n) is 8.59.